The molecule has 56 heavy (non-hydrogen) atoms. The second kappa shape index (κ2) is 16.7. The minimum Gasteiger partial charge on any atom is -0.347 e. The quantitative estimate of drug-likeness (QED) is 0.178. The highest BCUT2D eigenvalue weighted by atomic mass is 16.2. The number of carbonyl (C=O) groups excluding carboxylic acids is 6. The SMILES string of the molecule is CCC[C@H](NC(=O)[C@@H]1C[C@@]2(CN1C(=O)[C@@H](NC(=O)[C@@H](NC(=O)[C@H]1CCCN1CC)C1CCCCC1)C1CCCCC1)C(C)(C)C21CCC1)C(=O)C(=O)NC1CC1. The standard InChI is InChI=1S/C44H70N6O6/c1-5-15-31(36(51)40(55)45-30-21-22-30)46-38(53)33-26-44(42(3,4)43(44)23-14-24-43)27-50(33)41(56)35(29-18-11-8-12-19-29)48-39(54)34(28-16-9-7-10-17-28)47-37(52)32-20-13-25-49(32)6-2/h28-35H,5-27H2,1-4H3,(H,45,55)(H,46,53)(H,47,52)(H,48,54)/t31-,32+,33-,34-,35-,44+/m0/s1. The van der Waals surface area contributed by atoms with Crippen LogP contribution in [0.25, 0.3) is 0 Å². The van der Waals surface area contributed by atoms with Crippen molar-refractivity contribution in [1.82, 2.24) is 31.1 Å². The van der Waals surface area contributed by atoms with E-state index in [1.165, 1.54) is 0 Å². The zero-order chi connectivity index (χ0) is 39.8. The van der Waals surface area contributed by atoms with Gasteiger partial charge in [-0.1, -0.05) is 79.1 Å². The molecule has 0 unspecified atom stereocenters. The highest BCUT2D eigenvalue weighted by Gasteiger charge is 2.85. The predicted octanol–water partition coefficient (Wildman–Crippen LogP) is 4.53. The molecule has 7 rings (SSSR count). The lowest BCUT2D eigenvalue weighted by Gasteiger charge is -2.37. The fraction of sp³-hybridized carbons (Fsp3) is 0.864. The van der Waals surface area contributed by atoms with Crippen molar-refractivity contribution in [1.29, 1.82) is 0 Å². The van der Waals surface area contributed by atoms with E-state index in [4.69, 9.17) is 0 Å². The van der Waals surface area contributed by atoms with Crippen molar-refractivity contribution < 1.29 is 28.8 Å². The van der Waals surface area contributed by atoms with Crippen LogP contribution >= 0.6 is 0 Å². The molecule has 12 nitrogen and oxygen atoms in total. The van der Waals surface area contributed by atoms with E-state index in [-0.39, 0.29) is 57.9 Å². The van der Waals surface area contributed by atoms with E-state index in [0.29, 0.717) is 25.8 Å². The van der Waals surface area contributed by atoms with Crippen molar-refractivity contribution in [2.75, 3.05) is 19.6 Å². The lowest BCUT2D eigenvalue weighted by Crippen LogP contribution is -2.61. The molecular formula is C44H70N6O6. The van der Waals surface area contributed by atoms with Crippen LogP contribution in [0.15, 0.2) is 0 Å². The first-order chi connectivity index (χ1) is 26.9. The molecular weight excluding hydrogens is 709 g/mol. The van der Waals surface area contributed by atoms with Crippen LogP contribution in [0.3, 0.4) is 0 Å². The summed E-state index contributed by atoms with van der Waals surface area (Å²) < 4.78 is 0. The predicted molar refractivity (Wildman–Crippen MR) is 213 cm³/mol. The van der Waals surface area contributed by atoms with Crippen LogP contribution < -0.4 is 21.3 Å². The number of likely N-dealkylation sites (N-methyl/N-ethyl adjacent to an activating group) is 1. The summed E-state index contributed by atoms with van der Waals surface area (Å²) in [6, 6.07) is -3.57. The van der Waals surface area contributed by atoms with E-state index in [0.717, 1.165) is 122 Å². The second-order valence-corrected chi connectivity index (χ2v) is 19.3. The van der Waals surface area contributed by atoms with Crippen LogP contribution in [-0.2, 0) is 28.8 Å². The molecule has 4 N–H and O–H groups in total. The molecule has 5 amide bonds. The third kappa shape index (κ3) is 7.54. The number of carbonyl (C=O) groups is 6. The van der Waals surface area contributed by atoms with Gasteiger partial charge in [0.25, 0.3) is 5.91 Å². The van der Waals surface area contributed by atoms with Crippen molar-refractivity contribution in [2.24, 2.45) is 28.1 Å². The lowest BCUT2D eigenvalue weighted by atomic mass is 9.73. The third-order valence-electron chi connectivity index (χ3n) is 16.2. The highest BCUT2D eigenvalue weighted by Crippen LogP contribution is 2.88. The summed E-state index contributed by atoms with van der Waals surface area (Å²) in [5.41, 5.74) is -0.250. The Kier molecular flexibility index (Phi) is 12.3. The largest absolute Gasteiger partial charge is 0.347 e. The summed E-state index contributed by atoms with van der Waals surface area (Å²) in [5, 5.41) is 12.3. The van der Waals surface area contributed by atoms with Gasteiger partial charge in [0.2, 0.25) is 29.4 Å². The minimum absolute atomic E-state index is 0.00393. The van der Waals surface area contributed by atoms with Gasteiger partial charge < -0.3 is 26.2 Å². The molecule has 0 bridgehead atoms. The number of likely N-dealkylation sites (tertiary alicyclic amines) is 2. The number of nitrogens with one attached hydrogen (secondary N) is 4. The summed E-state index contributed by atoms with van der Waals surface area (Å²) in [7, 11) is 0. The molecule has 12 heteroatoms. The first-order valence-corrected chi connectivity index (χ1v) is 22.7. The number of amides is 5. The van der Waals surface area contributed by atoms with Crippen LogP contribution in [0.5, 0.6) is 0 Å². The number of Topliss-reactive ketones (excluding diaryl/α,β-unsaturated/α-hetero) is 1. The highest BCUT2D eigenvalue weighted by molar-refractivity contribution is 6.38. The summed E-state index contributed by atoms with van der Waals surface area (Å²) >= 11 is 0. The van der Waals surface area contributed by atoms with Gasteiger partial charge in [0, 0.05) is 18.0 Å². The van der Waals surface area contributed by atoms with Gasteiger partial charge in [0.1, 0.15) is 18.1 Å². The Morgan fingerprint density at radius 3 is 1.86 bits per heavy atom. The molecule has 0 aromatic carbocycles. The Morgan fingerprint density at radius 1 is 0.679 bits per heavy atom. The van der Waals surface area contributed by atoms with Crippen LogP contribution in [0.2, 0.25) is 0 Å². The average Bonchev–Trinajstić information content (AvgIpc) is 3.87. The van der Waals surface area contributed by atoms with Crippen molar-refractivity contribution in [3.8, 4) is 0 Å². The minimum atomic E-state index is -0.971. The lowest BCUT2D eigenvalue weighted by molar-refractivity contribution is -0.145. The molecule has 6 atom stereocenters. The molecule has 2 saturated heterocycles. The van der Waals surface area contributed by atoms with Crippen LogP contribution in [0.1, 0.15) is 156 Å². The first-order valence-electron chi connectivity index (χ1n) is 22.7. The van der Waals surface area contributed by atoms with Gasteiger partial charge in [-0.15, -0.1) is 0 Å². The third-order valence-corrected chi connectivity index (χ3v) is 16.2. The van der Waals surface area contributed by atoms with Crippen molar-refractivity contribution in [3.63, 3.8) is 0 Å². The molecule has 5 aliphatic carbocycles. The number of hydrogen-bond acceptors (Lipinski definition) is 7. The maximum Gasteiger partial charge on any atom is 0.289 e. The van der Waals surface area contributed by atoms with Crippen molar-refractivity contribution in [2.45, 2.75) is 192 Å². The van der Waals surface area contributed by atoms with Crippen molar-refractivity contribution >= 4 is 35.3 Å². The Balaban J connectivity index is 1.16. The molecule has 312 valence electrons. The molecule has 7 fully saturated rings. The molecule has 0 radical (unpaired) electrons. The van der Waals surface area contributed by atoms with E-state index < -0.39 is 41.8 Å². The number of ketones is 1. The van der Waals surface area contributed by atoms with E-state index in [1.807, 2.05) is 6.92 Å². The number of fused-ring (bicyclic) bond motifs is 1. The second-order valence-electron chi connectivity index (χ2n) is 19.3. The van der Waals surface area contributed by atoms with Crippen molar-refractivity contribution in [3.05, 3.63) is 0 Å². The Bertz CT molecular complexity index is 1510. The maximum atomic E-state index is 15.3. The average molecular weight is 779 g/mol. The molecule has 0 aromatic heterocycles. The Morgan fingerprint density at radius 2 is 1.30 bits per heavy atom. The number of hydrogen-bond donors (Lipinski definition) is 4. The van der Waals surface area contributed by atoms with Gasteiger partial charge >= 0.3 is 0 Å². The smallest absolute Gasteiger partial charge is 0.289 e. The van der Waals surface area contributed by atoms with Gasteiger partial charge in [-0.2, -0.15) is 0 Å². The Hall–Kier alpha value is -3.02. The summed E-state index contributed by atoms with van der Waals surface area (Å²) in [6.07, 6.45) is 17.6. The van der Waals surface area contributed by atoms with Crippen LogP contribution in [0, 0.1) is 28.1 Å². The number of nitrogens with zero attached hydrogens (tertiary/aromatic N) is 2. The van der Waals surface area contributed by atoms with E-state index >= 15 is 4.79 Å². The van der Waals surface area contributed by atoms with E-state index in [2.05, 4.69) is 46.9 Å². The molecule has 2 heterocycles. The first kappa shape index (κ1) is 41.2. The molecule has 0 aromatic rings. The number of rotatable bonds is 15. The summed E-state index contributed by atoms with van der Waals surface area (Å²) in [5.74, 6) is -2.39. The maximum absolute atomic E-state index is 15.3. The van der Waals surface area contributed by atoms with Crippen LogP contribution in [0.4, 0.5) is 0 Å². The van der Waals surface area contributed by atoms with Gasteiger partial charge in [-0.3, -0.25) is 33.7 Å². The van der Waals surface area contributed by atoms with Gasteiger partial charge in [-0.05, 0) is 113 Å². The van der Waals surface area contributed by atoms with E-state index in [1.54, 1.807) is 4.90 Å². The topological polar surface area (TPSA) is 157 Å². The van der Waals surface area contributed by atoms with Gasteiger partial charge in [-0.25, -0.2) is 0 Å². The van der Waals surface area contributed by atoms with Gasteiger partial charge in [0.05, 0.1) is 12.1 Å². The summed E-state index contributed by atoms with van der Waals surface area (Å²) in [4.78, 5) is 88.7. The van der Waals surface area contributed by atoms with Crippen LogP contribution in [-0.4, -0.2) is 101 Å². The van der Waals surface area contributed by atoms with E-state index in [9.17, 15) is 24.0 Å². The molecule has 7 aliphatic rings. The molecule has 2 aliphatic heterocycles. The Labute approximate surface area is 334 Å². The van der Waals surface area contributed by atoms with Gasteiger partial charge in [0.15, 0.2) is 0 Å². The monoisotopic (exact) mass is 779 g/mol. The normalized spacial score (nSPS) is 30.2. The molecule has 5 saturated carbocycles. The summed E-state index contributed by atoms with van der Waals surface area (Å²) in [6.45, 7) is 10.6. The fourth-order valence-electron chi connectivity index (χ4n) is 12.4. The zero-order valence-corrected chi connectivity index (χ0v) is 34.7. The molecule has 2 spiro atoms. The zero-order valence-electron chi connectivity index (χ0n) is 34.7. The fourth-order valence-corrected chi connectivity index (χ4v) is 12.4.